The Bertz CT molecular complexity index is 1230. The van der Waals surface area contributed by atoms with Gasteiger partial charge in [-0.3, -0.25) is 4.79 Å². The lowest BCUT2D eigenvalue weighted by Gasteiger charge is -2.40. The van der Waals surface area contributed by atoms with Crippen LogP contribution in [0.5, 0.6) is 0 Å². The summed E-state index contributed by atoms with van der Waals surface area (Å²) in [5.74, 6) is -0.173. The highest BCUT2D eigenvalue weighted by Gasteiger charge is 2.44. The van der Waals surface area contributed by atoms with E-state index in [-0.39, 0.29) is 12.5 Å². The maximum Gasteiger partial charge on any atom is 0.220 e. The fourth-order valence-corrected chi connectivity index (χ4v) is 10.0. The summed E-state index contributed by atoms with van der Waals surface area (Å²) in [5.41, 5.74) is 0. The maximum absolute atomic E-state index is 13.0. The summed E-state index contributed by atoms with van der Waals surface area (Å²) < 4.78 is 11.3. The van der Waals surface area contributed by atoms with Crippen molar-refractivity contribution in [3.63, 3.8) is 0 Å². The van der Waals surface area contributed by atoms with E-state index < -0.39 is 49.5 Å². The molecule has 1 rings (SSSR count). The van der Waals surface area contributed by atoms with E-state index in [9.17, 15) is 30.3 Å². The van der Waals surface area contributed by atoms with E-state index in [4.69, 9.17) is 9.47 Å². The number of allylic oxidation sites excluding steroid dienone is 5. The van der Waals surface area contributed by atoms with Gasteiger partial charge in [0.25, 0.3) is 0 Å². The van der Waals surface area contributed by atoms with Crippen molar-refractivity contribution in [1.29, 1.82) is 0 Å². The number of unbranched alkanes of at least 4 members (excludes halogenated alkanes) is 40. The number of carbonyl (C=O) groups is 1. The summed E-state index contributed by atoms with van der Waals surface area (Å²) in [6.07, 6.45) is 62.5. The Kier molecular flexibility index (Phi) is 50.2. The van der Waals surface area contributed by atoms with Crippen LogP contribution >= 0.6 is 0 Å². The van der Waals surface area contributed by atoms with Gasteiger partial charge in [0.15, 0.2) is 6.29 Å². The third-order valence-corrected chi connectivity index (χ3v) is 15.0. The highest BCUT2D eigenvalue weighted by atomic mass is 16.7. The molecule has 9 heteroatoms. The van der Waals surface area contributed by atoms with Crippen LogP contribution in [-0.2, 0) is 14.3 Å². The molecule has 0 saturated carbocycles. The molecular formula is C63H119NO8. The molecule has 0 aliphatic carbocycles. The average Bonchev–Trinajstić information content (AvgIpc) is 3.38. The van der Waals surface area contributed by atoms with Crippen LogP contribution in [0.15, 0.2) is 36.5 Å². The number of ether oxygens (including phenoxy) is 2. The zero-order valence-electron chi connectivity index (χ0n) is 47.2. The number of nitrogens with one attached hydrogen (secondary N) is 1. The number of aliphatic hydroxyl groups is 5. The molecule has 0 bridgehead atoms. The predicted octanol–water partition coefficient (Wildman–Crippen LogP) is 15.9. The van der Waals surface area contributed by atoms with Crippen LogP contribution in [0.2, 0.25) is 0 Å². The van der Waals surface area contributed by atoms with Gasteiger partial charge in [-0.15, -0.1) is 0 Å². The van der Waals surface area contributed by atoms with Crippen LogP contribution < -0.4 is 5.32 Å². The second kappa shape index (κ2) is 52.8. The average molecular weight is 1020 g/mol. The van der Waals surface area contributed by atoms with Crippen molar-refractivity contribution in [3.8, 4) is 0 Å². The largest absolute Gasteiger partial charge is 0.394 e. The minimum atomic E-state index is -1.56. The summed E-state index contributed by atoms with van der Waals surface area (Å²) in [4.78, 5) is 13.0. The molecule has 0 aromatic rings. The molecule has 9 nitrogen and oxygen atoms in total. The van der Waals surface area contributed by atoms with Gasteiger partial charge in [0.05, 0.1) is 25.4 Å². The van der Waals surface area contributed by atoms with Crippen molar-refractivity contribution >= 4 is 5.91 Å². The predicted molar refractivity (Wildman–Crippen MR) is 304 cm³/mol. The van der Waals surface area contributed by atoms with E-state index in [1.54, 1.807) is 6.08 Å². The van der Waals surface area contributed by atoms with Crippen LogP contribution in [0.25, 0.3) is 0 Å². The normalized spacial score (nSPS) is 19.3. The van der Waals surface area contributed by atoms with Gasteiger partial charge in [0, 0.05) is 6.42 Å². The van der Waals surface area contributed by atoms with Gasteiger partial charge in [-0.2, -0.15) is 0 Å². The molecule has 0 aromatic heterocycles. The van der Waals surface area contributed by atoms with Gasteiger partial charge in [-0.25, -0.2) is 0 Å². The Morgan fingerprint density at radius 2 is 0.819 bits per heavy atom. The third-order valence-electron chi connectivity index (χ3n) is 15.0. The fourth-order valence-electron chi connectivity index (χ4n) is 10.0. The highest BCUT2D eigenvalue weighted by Crippen LogP contribution is 2.23. The highest BCUT2D eigenvalue weighted by molar-refractivity contribution is 5.76. The molecule has 1 heterocycles. The Labute approximate surface area is 444 Å². The first-order chi connectivity index (χ1) is 35.3. The summed E-state index contributed by atoms with van der Waals surface area (Å²) in [5, 5.41) is 54.4. The van der Waals surface area contributed by atoms with E-state index in [1.807, 2.05) is 6.08 Å². The van der Waals surface area contributed by atoms with Crippen molar-refractivity contribution < 1.29 is 39.8 Å². The smallest absolute Gasteiger partial charge is 0.220 e. The number of carbonyl (C=O) groups excluding carboxylic acids is 1. The topological polar surface area (TPSA) is 149 Å². The molecule has 0 spiro atoms. The number of rotatable bonds is 54. The first-order valence-electron chi connectivity index (χ1n) is 31.2. The van der Waals surface area contributed by atoms with E-state index in [0.29, 0.717) is 6.42 Å². The van der Waals surface area contributed by atoms with E-state index in [2.05, 4.69) is 43.5 Å². The fraction of sp³-hybridized carbons (Fsp3) is 0.889. The number of amides is 1. The van der Waals surface area contributed by atoms with Gasteiger partial charge < -0.3 is 40.3 Å². The number of hydrogen-bond donors (Lipinski definition) is 6. The lowest BCUT2D eigenvalue weighted by atomic mass is 9.99. The van der Waals surface area contributed by atoms with Gasteiger partial charge in [0.1, 0.15) is 24.4 Å². The Balaban J connectivity index is 2.03. The molecule has 7 atom stereocenters. The number of aliphatic hydroxyl groups excluding tert-OH is 5. The third kappa shape index (κ3) is 41.6. The SMILES string of the molecule is CCCCCCC/C=C\C/C=C\CCCCCCCCCCCCCCCCCCCCCCCCCCCC(=O)NC(COC1OC(CO)C(O)C(O)C1O)C(O)/C=C/CCCCCCCCCCCC. The number of hydrogen-bond acceptors (Lipinski definition) is 8. The minimum Gasteiger partial charge on any atom is -0.394 e. The van der Waals surface area contributed by atoms with Gasteiger partial charge in [-0.1, -0.05) is 281 Å². The van der Waals surface area contributed by atoms with Crippen molar-refractivity contribution in [2.75, 3.05) is 13.2 Å². The second-order valence-corrected chi connectivity index (χ2v) is 21.9. The van der Waals surface area contributed by atoms with E-state index >= 15 is 0 Å². The first-order valence-corrected chi connectivity index (χ1v) is 31.2. The lowest BCUT2D eigenvalue weighted by Crippen LogP contribution is -2.60. The van der Waals surface area contributed by atoms with Crippen LogP contribution in [-0.4, -0.2) is 87.5 Å². The monoisotopic (exact) mass is 1020 g/mol. The zero-order chi connectivity index (χ0) is 52.2. The molecule has 7 unspecified atom stereocenters. The molecule has 0 aromatic carbocycles. The summed E-state index contributed by atoms with van der Waals surface area (Å²) in [6, 6.07) is -0.801. The maximum atomic E-state index is 13.0. The van der Waals surface area contributed by atoms with Crippen molar-refractivity contribution in [1.82, 2.24) is 5.32 Å². The summed E-state index contributed by atoms with van der Waals surface area (Å²) in [6.45, 7) is 3.78. The molecule has 72 heavy (non-hydrogen) atoms. The molecular weight excluding hydrogens is 899 g/mol. The summed E-state index contributed by atoms with van der Waals surface area (Å²) >= 11 is 0. The van der Waals surface area contributed by atoms with Gasteiger partial charge in [0.2, 0.25) is 5.91 Å². The van der Waals surface area contributed by atoms with Crippen LogP contribution in [0.4, 0.5) is 0 Å². The Hall–Kier alpha value is -1.59. The molecule has 1 aliphatic heterocycles. The zero-order valence-corrected chi connectivity index (χ0v) is 47.2. The molecule has 1 saturated heterocycles. The van der Waals surface area contributed by atoms with Crippen molar-refractivity contribution in [2.45, 2.75) is 346 Å². The quantitative estimate of drug-likeness (QED) is 0.0261. The van der Waals surface area contributed by atoms with E-state index in [0.717, 1.165) is 44.9 Å². The summed E-state index contributed by atoms with van der Waals surface area (Å²) in [7, 11) is 0. The first kappa shape index (κ1) is 68.4. The Morgan fingerprint density at radius 1 is 0.472 bits per heavy atom. The molecule has 1 amide bonds. The van der Waals surface area contributed by atoms with Crippen LogP contribution in [0.3, 0.4) is 0 Å². The van der Waals surface area contributed by atoms with Crippen molar-refractivity contribution in [3.05, 3.63) is 36.5 Å². The molecule has 6 N–H and O–H groups in total. The molecule has 0 radical (unpaired) electrons. The minimum absolute atomic E-state index is 0.173. The molecule has 1 aliphatic rings. The van der Waals surface area contributed by atoms with Gasteiger partial charge >= 0.3 is 0 Å². The molecule has 424 valence electrons. The van der Waals surface area contributed by atoms with Crippen molar-refractivity contribution in [2.24, 2.45) is 0 Å². The van der Waals surface area contributed by atoms with Crippen LogP contribution in [0, 0.1) is 0 Å². The lowest BCUT2D eigenvalue weighted by molar-refractivity contribution is -0.302. The van der Waals surface area contributed by atoms with Crippen LogP contribution in [0.1, 0.15) is 303 Å². The molecule has 1 fully saturated rings. The standard InChI is InChI=1S/C63H119NO8/c1-3-5-7-9-11-13-15-17-18-19-20-21-22-23-24-25-26-27-28-29-30-31-32-33-34-35-36-37-38-39-40-41-43-45-47-49-51-53-59(67)64-56(55-71-63-62(70)61(69)60(68)58(54-65)72-63)57(66)52-50-48-46-44-42-16-14-12-10-8-6-4-2/h15,17,19-20,50,52,56-58,60-63,65-66,68-70H,3-14,16,18,21-49,51,53-55H2,1-2H3,(H,64,67)/b17-15-,20-19-,52-50+. The van der Waals surface area contributed by atoms with E-state index in [1.165, 1.54) is 238 Å². The second-order valence-electron chi connectivity index (χ2n) is 21.9. The Morgan fingerprint density at radius 3 is 1.19 bits per heavy atom. The van der Waals surface area contributed by atoms with Gasteiger partial charge in [-0.05, 0) is 51.4 Å².